The number of hydrogen-bond donors (Lipinski definition) is 2. The van der Waals surface area contributed by atoms with Gasteiger partial charge in [-0.3, -0.25) is 14.9 Å². The van der Waals surface area contributed by atoms with E-state index in [2.05, 4.69) is 0 Å². The Labute approximate surface area is 98.2 Å². The third kappa shape index (κ3) is 3.53. The van der Waals surface area contributed by atoms with E-state index in [0.29, 0.717) is 5.56 Å². The standard InChI is InChI=1S/C11H14N2O4/c1-7(11(14)15)5-10(12)8-3-2-4-9(6-8)13(16)17/h2-4,6-7,10H,5,12H2,1H3,(H,14,15). The van der Waals surface area contributed by atoms with E-state index in [1.54, 1.807) is 19.1 Å². The molecule has 0 radical (unpaired) electrons. The van der Waals surface area contributed by atoms with Crippen molar-refractivity contribution < 1.29 is 14.8 Å². The summed E-state index contributed by atoms with van der Waals surface area (Å²) in [5.41, 5.74) is 6.35. The molecule has 0 heterocycles. The Bertz CT molecular complexity index is 433. The molecule has 2 atom stereocenters. The summed E-state index contributed by atoms with van der Waals surface area (Å²) in [6.07, 6.45) is 0.247. The van der Waals surface area contributed by atoms with E-state index < -0.39 is 22.9 Å². The molecule has 0 aliphatic rings. The average Bonchev–Trinajstić information content (AvgIpc) is 2.28. The van der Waals surface area contributed by atoms with Gasteiger partial charge in [-0.15, -0.1) is 0 Å². The third-order valence-electron chi connectivity index (χ3n) is 2.54. The molecule has 1 rings (SSSR count). The maximum atomic E-state index is 10.7. The normalized spacial score (nSPS) is 14.0. The Kier molecular flexibility index (Phi) is 4.17. The zero-order valence-corrected chi connectivity index (χ0v) is 9.37. The summed E-state index contributed by atoms with van der Waals surface area (Å²) in [6.45, 7) is 1.56. The predicted octanol–water partition coefficient (Wildman–Crippen LogP) is 1.71. The molecule has 0 saturated carbocycles. The molecule has 0 aromatic heterocycles. The Hall–Kier alpha value is -1.95. The minimum atomic E-state index is -0.925. The second-order valence-electron chi connectivity index (χ2n) is 3.93. The van der Waals surface area contributed by atoms with Gasteiger partial charge in [-0.2, -0.15) is 0 Å². The van der Waals surface area contributed by atoms with Gasteiger partial charge >= 0.3 is 5.97 Å². The van der Waals surface area contributed by atoms with Crippen LogP contribution >= 0.6 is 0 Å². The van der Waals surface area contributed by atoms with Crippen molar-refractivity contribution in [3.05, 3.63) is 39.9 Å². The van der Waals surface area contributed by atoms with Crippen LogP contribution in [0.3, 0.4) is 0 Å². The SMILES string of the molecule is CC(CC(N)c1cccc([N+](=O)[O-])c1)C(=O)O. The number of benzene rings is 1. The van der Waals surface area contributed by atoms with Gasteiger partial charge in [0.1, 0.15) is 0 Å². The number of non-ortho nitro benzene ring substituents is 1. The zero-order valence-electron chi connectivity index (χ0n) is 9.37. The lowest BCUT2D eigenvalue weighted by molar-refractivity contribution is -0.384. The molecule has 0 saturated heterocycles. The summed E-state index contributed by atoms with van der Waals surface area (Å²) in [5, 5.41) is 19.3. The van der Waals surface area contributed by atoms with Crippen LogP contribution in [0.25, 0.3) is 0 Å². The molecular formula is C11H14N2O4. The van der Waals surface area contributed by atoms with E-state index >= 15 is 0 Å². The van der Waals surface area contributed by atoms with E-state index in [-0.39, 0.29) is 12.1 Å². The Morgan fingerprint density at radius 3 is 2.76 bits per heavy atom. The van der Waals surface area contributed by atoms with Gasteiger partial charge < -0.3 is 10.8 Å². The number of carbonyl (C=O) groups is 1. The summed E-state index contributed by atoms with van der Waals surface area (Å²) in [4.78, 5) is 20.8. The highest BCUT2D eigenvalue weighted by Gasteiger charge is 2.18. The number of nitro benzene ring substituents is 1. The van der Waals surface area contributed by atoms with E-state index in [1.165, 1.54) is 12.1 Å². The number of rotatable bonds is 5. The van der Waals surface area contributed by atoms with Gasteiger partial charge in [-0.05, 0) is 12.0 Å². The van der Waals surface area contributed by atoms with Crippen molar-refractivity contribution in [1.82, 2.24) is 0 Å². The molecule has 1 aromatic rings. The van der Waals surface area contributed by atoms with Crippen molar-refractivity contribution in [3.63, 3.8) is 0 Å². The van der Waals surface area contributed by atoms with Crippen molar-refractivity contribution in [2.24, 2.45) is 11.7 Å². The maximum Gasteiger partial charge on any atom is 0.306 e. The highest BCUT2D eigenvalue weighted by Crippen LogP contribution is 2.22. The minimum Gasteiger partial charge on any atom is -0.481 e. The number of hydrogen-bond acceptors (Lipinski definition) is 4. The summed E-state index contributed by atoms with van der Waals surface area (Å²) >= 11 is 0. The molecular weight excluding hydrogens is 224 g/mol. The molecule has 0 aliphatic carbocycles. The lowest BCUT2D eigenvalue weighted by Gasteiger charge is -2.14. The molecule has 2 unspecified atom stereocenters. The first-order chi connectivity index (χ1) is 7.91. The van der Waals surface area contributed by atoms with E-state index in [0.717, 1.165) is 0 Å². The van der Waals surface area contributed by atoms with Crippen LogP contribution < -0.4 is 5.73 Å². The third-order valence-corrected chi connectivity index (χ3v) is 2.54. The lowest BCUT2D eigenvalue weighted by Crippen LogP contribution is -2.19. The fourth-order valence-electron chi connectivity index (χ4n) is 1.49. The van der Waals surface area contributed by atoms with Crippen LogP contribution in [0.2, 0.25) is 0 Å². The van der Waals surface area contributed by atoms with Crippen LogP contribution in [0.15, 0.2) is 24.3 Å². The molecule has 92 valence electrons. The fourth-order valence-corrected chi connectivity index (χ4v) is 1.49. The lowest BCUT2D eigenvalue weighted by atomic mass is 9.96. The van der Waals surface area contributed by atoms with Gasteiger partial charge in [-0.25, -0.2) is 0 Å². The molecule has 1 aromatic carbocycles. The van der Waals surface area contributed by atoms with Crippen LogP contribution in [0, 0.1) is 16.0 Å². The molecule has 0 fully saturated rings. The smallest absolute Gasteiger partial charge is 0.306 e. The van der Waals surface area contributed by atoms with Gasteiger partial charge in [0, 0.05) is 18.2 Å². The second kappa shape index (κ2) is 5.40. The molecule has 0 spiro atoms. The van der Waals surface area contributed by atoms with Crippen molar-refractivity contribution >= 4 is 11.7 Å². The van der Waals surface area contributed by atoms with Gasteiger partial charge in [-0.1, -0.05) is 19.1 Å². The monoisotopic (exact) mass is 238 g/mol. The van der Waals surface area contributed by atoms with Crippen LogP contribution in [0.5, 0.6) is 0 Å². The molecule has 0 aliphatic heterocycles. The van der Waals surface area contributed by atoms with Crippen molar-refractivity contribution in [3.8, 4) is 0 Å². The number of aliphatic carboxylic acids is 1. The Morgan fingerprint density at radius 2 is 2.24 bits per heavy atom. The molecule has 6 heteroatoms. The predicted molar refractivity (Wildman–Crippen MR) is 61.4 cm³/mol. The van der Waals surface area contributed by atoms with E-state index in [9.17, 15) is 14.9 Å². The zero-order chi connectivity index (χ0) is 13.0. The topological polar surface area (TPSA) is 106 Å². The van der Waals surface area contributed by atoms with Gasteiger partial charge in [0.05, 0.1) is 10.8 Å². The molecule has 6 nitrogen and oxygen atoms in total. The molecule has 3 N–H and O–H groups in total. The molecule has 0 amide bonds. The largest absolute Gasteiger partial charge is 0.481 e. The number of carboxylic acids is 1. The van der Waals surface area contributed by atoms with Gasteiger partial charge in [0.15, 0.2) is 0 Å². The summed E-state index contributed by atoms with van der Waals surface area (Å²) in [5.74, 6) is -1.50. The van der Waals surface area contributed by atoms with Crippen LogP contribution in [-0.2, 0) is 4.79 Å². The van der Waals surface area contributed by atoms with Gasteiger partial charge in [0.2, 0.25) is 0 Å². The number of nitrogens with two attached hydrogens (primary N) is 1. The maximum absolute atomic E-state index is 10.7. The number of nitrogens with zero attached hydrogens (tertiary/aromatic N) is 1. The summed E-state index contributed by atoms with van der Waals surface area (Å²) < 4.78 is 0. The van der Waals surface area contributed by atoms with Crippen molar-refractivity contribution in [2.75, 3.05) is 0 Å². The number of carboxylic acid groups (broad SMARTS) is 1. The summed E-state index contributed by atoms with van der Waals surface area (Å²) in [6, 6.07) is 5.43. The fraction of sp³-hybridized carbons (Fsp3) is 0.364. The second-order valence-corrected chi connectivity index (χ2v) is 3.93. The van der Waals surface area contributed by atoms with Crippen LogP contribution in [-0.4, -0.2) is 16.0 Å². The number of nitro groups is 1. The highest BCUT2D eigenvalue weighted by atomic mass is 16.6. The first kappa shape index (κ1) is 13.1. The summed E-state index contributed by atoms with van der Waals surface area (Å²) in [7, 11) is 0. The van der Waals surface area contributed by atoms with Crippen LogP contribution in [0.1, 0.15) is 24.9 Å². The first-order valence-corrected chi connectivity index (χ1v) is 5.14. The minimum absolute atomic E-state index is 0.0408. The van der Waals surface area contributed by atoms with Crippen LogP contribution in [0.4, 0.5) is 5.69 Å². The Morgan fingerprint density at radius 1 is 1.59 bits per heavy atom. The molecule has 0 bridgehead atoms. The van der Waals surface area contributed by atoms with Crippen molar-refractivity contribution in [1.29, 1.82) is 0 Å². The first-order valence-electron chi connectivity index (χ1n) is 5.14. The average molecular weight is 238 g/mol. The highest BCUT2D eigenvalue weighted by molar-refractivity contribution is 5.69. The quantitative estimate of drug-likeness (QED) is 0.599. The van der Waals surface area contributed by atoms with E-state index in [1.807, 2.05) is 0 Å². The van der Waals surface area contributed by atoms with Crippen molar-refractivity contribution in [2.45, 2.75) is 19.4 Å². The Balaban J connectivity index is 2.82. The van der Waals surface area contributed by atoms with Gasteiger partial charge in [0.25, 0.3) is 5.69 Å². The van der Waals surface area contributed by atoms with E-state index in [4.69, 9.17) is 10.8 Å². The molecule has 17 heavy (non-hydrogen) atoms.